The van der Waals surface area contributed by atoms with Gasteiger partial charge >= 0.3 is 0 Å². The van der Waals surface area contributed by atoms with Gasteiger partial charge in [-0.25, -0.2) is 0 Å². The van der Waals surface area contributed by atoms with Crippen LogP contribution in [0.4, 0.5) is 0 Å². The SMILES string of the molecule is CCCCCCCCCCCCCC[CH][CH]COCCCCCCCCC. The van der Waals surface area contributed by atoms with Gasteiger partial charge in [0, 0.05) is 6.61 Å². The summed E-state index contributed by atoms with van der Waals surface area (Å²) < 4.78 is 5.69. The van der Waals surface area contributed by atoms with Crippen LogP contribution >= 0.6 is 0 Å². The van der Waals surface area contributed by atoms with Crippen molar-refractivity contribution in [2.45, 2.75) is 142 Å². The van der Waals surface area contributed by atoms with Crippen molar-refractivity contribution in [2.24, 2.45) is 0 Å². The van der Waals surface area contributed by atoms with Crippen LogP contribution in [-0.4, -0.2) is 13.2 Å². The molecular weight excluding hydrogens is 328 g/mol. The largest absolute Gasteiger partial charge is 0.381 e. The van der Waals surface area contributed by atoms with Crippen LogP contribution in [-0.2, 0) is 4.74 Å². The van der Waals surface area contributed by atoms with E-state index in [1.807, 2.05) is 0 Å². The molecule has 0 heterocycles. The van der Waals surface area contributed by atoms with Gasteiger partial charge in [0.2, 0.25) is 0 Å². The highest BCUT2D eigenvalue weighted by atomic mass is 16.5. The van der Waals surface area contributed by atoms with E-state index in [1.54, 1.807) is 0 Å². The average Bonchev–Trinajstić information content (AvgIpc) is 2.68. The fourth-order valence-corrected chi connectivity index (χ4v) is 3.60. The van der Waals surface area contributed by atoms with E-state index in [1.165, 1.54) is 128 Å². The summed E-state index contributed by atoms with van der Waals surface area (Å²) in [5, 5.41) is 0. The first-order valence-corrected chi connectivity index (χ1v) is 12.6. The lowest BCUT2D eigenvalue weighted by atomic mass is 10.0. The minimum Gasteiger partial charge on any atom is -0.381 e. The molecule has 1 nitrogen and oxygen atoms in total. The lowest BCUT2D eigenvalue weighted by molar-refractivity contribution is 0.150. The van der Waals surface area contributed by atoms with Gasteiger partial charge < -0.3 is 4.74 Å². The number of hydrogen-bond donors (Lipinski definition) is 0. The highest BCUT2D eigenvalue weighted by molar-refractivity contribution is 4.82. The Morgan fingerprint density at radius 3 is 1.33 bits per heavy atom. The predicted molar refractivity (Wildman–Crippen MR) is 123 cm³/mol. The van der Waals surface area contributed by atoms with Crippen LogP contribution < -0.4 is 0 Å². The summed E-state index contributed by atoms with van der Waals surface area (Å²) in [6.45, 7) is 6.33. The van der Waals surface area contributed by atoms with Crippen molar-refractivity contribution in [3.8, 4) is 0 Å². The third-order valence-electron chi connectivity index (χ3n) is 5.50. The normalized spacial score (nSPS) is 11.3. The molecule has 0 fully saturated rings. The molecule has 1 heteroatoms. The predicted octanol–water partition coefficient (Wildman–Crippen LogP) is 9.25. The molecule has 27 heavy (non-hydrogen) atoms. The summed E-state index contributed by atoms with van der Waals surface area (Å²) in [7, 11) is 0. The summed E-state index contributed by atoms with van der Waals surface area (Å²) in [6, 6.07) is 0. The summed E-state index contributed by atoms with van der Waals surface area (Å²) in [4.78, 5) is 0. The first-order chi connectivity index (χ1) is 13.4. The molecule has 0 unspecified atom stereocenters. The Kier molecular flexibility index (Phi) is 25.9. The number of unbranched alkanes of at least 4 members (excludes halogenated alkanes) is 20. The highest BCUT2D eigenvalue weighted by Crippen LogP contribution is 2.13. The van der Waals surface area contributed by atoms with Gasteiger partial charge in [0.25, 0.3) is 0 Å². The third kappa shape index (κ3) is 26.0. The molecule has 0 aromatic carbocycles. The average molecular weight is 381 g/mol. The third-order valence-corrected chi connectivity index (χ3v) is 5.50. The zero-order valence-corrected chi connectivity index (χ0v) is 19.1. The van der Waals surface area contributed by atoms with E-state index in [4.69, 9.17) is 4.74 Å². The standard InChI is InChI=1S/C26H52O/c1-3-5-7-9-11-12-13-14-15-16-17-18-20-22-24-26-27-25-23-21-19-10-8-6-4-2/h22,24H,3-21,23,25-26H2,1-2H3. The van der Waals surface area contributed by atoms with Crippen LogP contribution in [0.1, 0.15) is 142 Å². The van der Waals surface area contributed by atoms with Gasteiger partial charge in [-0.2, -0.15) is 0 Å². The van der Waals surface area contributed by atoms with Crippen LogP contribution in [0, 0.1) is 12.8 Å². The van der Waals surface area contributed by atoms with Crippen molar-refractivity contribution < 1.29 is 4.74 Å². The highest BCUT2D eigenvalue weighted by Gasteiger charge is 1.96. The second kappa shape index (κ2) is 26.0. The topological polar surface area (TPSA) is 9.23 Å². The molecule has 2 radical (unpaired) electrons. The number of hydrogen-bond acceptors (Lipinski definition) is 1. The molecule has 0 aromatic rings. The van der Waals surface area contributed by atoms with Crippen molar-refractivity contribution in [1.29, 1.82) is 0 Å². The summed E-state index contributed by atoms with van der Waals surface area (Å²) >= 11 is 0. The van der Waals surface area contributed by atoms with Gasteiger partial charge in [-0.1, -0.05) is 129 Å². The van der Waals surface area contributed by atoms with Crippen molar-refractivity contribution >= 4 is 0 Å². The van der Waals surface area contributed by atoms with Gasteiger partial charge in [0.05, 0.1) is 6.61 Å². The van der Waals surface area contributed by atoms with Gasteiger partial charge in [-0.05, 0) is 25.7 Å². The first kappa shape index (κ1) is 27.0. The van der Waals surface area contributed by atoms with E-state index in [2.05, 4.69) is 26.7 Å². The molecule has 0 rings (SSSR count). The minimum absolute atomic E-state index is 0.814. The number of ether oxygens (including phenoxy) is 1. The van der Waals surface area contributed by atoms with Crippen molar-refractivity contribution in [2.75, 3.05) is 13.2 Å². The second-order valence-corrected chi connectivity index (χ2v) is 8.35. The van der Waals surface area contributed by atoms with Crippen LogP contribution in [0.3, 0.4) is 0 Å². The monoisotopic (exact) mass is 380 g/mol. The van der Waals surface area contributed by atoms with Crippen molar-refractivity contribution in [3.05, 3.63) is 12.8 Å². The molecule has 0 amide bonds. The van der Waals surface area contributed by atoms with E-state index >= 15 is 0 Å². The van der Waals surface area contributed by atoms with Gasteiger partial charge in [-0.3, -0.25) is 0 Å². The van der Waals surface area contributed by atoms with Crippen LogP contribution in [0.25, 0.3) is 0 Å². The van der Waals surface area contributed by atoms with E-state index in [9.17, 15) is 0 Å². The van der Waals surface area contributed by atoms with E-state index in [0.29, 0.717) is 0 Å². The maximum Gasteiger partial charge on any atom is 0.0500 e. The Morgan fingerprint density at radius 2 is 0.852 bits per heavy atom. The molecule has 162 valence electrons. The van der Waals surface area contributed by atoms with Gasteiger partial charge in [0.1, 0.15) is 0 Å². The molecule has 0 saturated carbocycles. The summed E-state index contributed by atoms with van der Waals surface area (Å²) in [5.41, 5.74) is 0. The molecule has 0 N–H and O–H groups in total. The van der Waals surface area contributed by atoms with Crippen molar-refractivity contribution in [1.82, 2.24) is 0 Å². The fourth-order valence-electron chi connectivity index (χ4n) is 3.60. The quantitative estimate of drug-likeness (QED) is 0.152. The fraction of sp³-hybridized carbons (Fsp3) is 0.923. The molecule has 0 aliphatic heterocycles. The molecule has 0 aliphatic rings. The van der Waals surface area contributed by atoms with Gasteiger partial charge in [-0.15, -0.1) is 0 Å². The zero-order valence-electron chi connectivity index (χ0n) is 19.1. The Bertz CT molecular complexity index is 214. The lowest BCUT2D eigenvalue weighted by Gasteiger charge is -2.05. The molecule has 0 spiro atoms. The first-order valence-electron chi connectivity index (χ1n) is 12.6. The maximum atomic E-state index is 5.69. The van der Waals surface area contributed by atoms with E-state index < -0.39 is 0 Å². The smallest absolute Gasteiger partial charge is 0.0500 e. The molecule has 0 aromatic heterocycles. The Labute approximate surface area is 173 Å². The van der Waals surface area contributed by atoms with Crippen LogP contribution in [0.15, 0.2) is 0 Å². The molecule has 0 aliphatic carbocycles. The Hall–Kier alpha value is -0.0400. The van der Waals surface area contributed by atoms with Crippen LogP contribution in [0.5, 0.6) is 0 Å². The molecule has 0 saturated heterocycles. The van der Waals surface area contributed by atoms with E-state index in [0.717, 1.165) is 13.2 Å². The van der Waals surface area contributed by atoms with E-state index in [-0.39, 0.29) is 0 Å². The zero-order chi connectivity index (χ0) is 19.7. The maximum absolute atomic E-state index is 5.69. The number of rotatable bonds is 24. The van der Waals surface area contributed by atoms with Crippen LogP contribution in [0.2, 0.25) is 0 Å². The van der Waals surface area contributed by atoms with Gasteiger partial charge in [0.15, 0.2) is 0 Å². The lowest BCUT2D eigenvalue weighted by Crippen LogP contribution is -1.98. The molecule has 0 bridgehead atoms. The minimum atomic E-state index is 0.814. The van der Waals surface area contributed by atoms with Crippen molar-refractivity contribution in [3.63, 3.8) is 0 Å². The molecule has 0 atom stereocenters. The second-order valence-electron chi connectivity index (χ2n) is 8.35. The summed E-state index contributed by atoms with van der Waals surface area (Å²) in [5.74, 6) is 0. The molecular formula is C26H52O. The Balaban J connectivity index is 2.95. The summed E-state index contributed by atoms with van der Waals surface area (Å²) in [6.07, 6.45) is 32.5. The Morgan fingerprint density at radius 1 is 0.444 bits per heavy atom.